The topological polar surface area (TPSA) is 53.7 Å². The molecule has 3 aliphatic carbocycles. The molecule has 0 amide bonds. The zero-order valence-electron chi connectivity index (χ0n) is 76.9. The highest BCUT2D eigenvalue weighted by Gasteiger charge is 2.40. The van der Waals surface area contributed by atoms with Crippen molar-refractivity contribution in [3.05, 3.63) is 452 Å². The fourth-order valence-corrected chi connectivity index (χ4v) is 25.8. The Labute approximate surface area is 799 Å². The minimum absolute atomic E-state index is 0.0765. The Morgan fingerprint density at radius 3 is 1.09 bits per heavy atom. The number of para-hydroxylation sites is 2. The highest BCUT2D eigenvalue weighted by atomic mass is 32.1. The lowest BCUT2D eigenvalue weighted by molar-refractivity contribution is 0.645. The summed E-state index contributed by atoms with van der Waals surface area (Å²) in [5.41, 5.74) is 32.7. The molecule has 0 atom stereocenters. The SMILES string of the molecule is CC1(C)c2ccccc2-c2c3c1cccc3cc1c2c2cc3ccccc3cc2n1-c1ccc2oc3ccccc3c2c1.CC1(C)c2ccccc2-c2c3c1cccc3cc1c2c2cc3ccccc3cc2n1-c1ccc2sc3ccccc3c2c1.CC1(C)c2ccccc2-c2c3c1cccc3cc1c2c2cc3ccccc3cc2n1-c1nc(-c2ccc(-c3ccccc3)cc2)c2ccccc2n1. The molecule has 31 rings (SSSR count). The van der Waals surface area contributed by atoms with Gasteiger partial charge in [-0.25, -0.2) is 9.97 Å². The molecule has 6 aromatic heterocycles. The van der Waals surface area contributed by atoms with Gasteiger partial charge in [0.25, 0.3) is 0 Å². The molecular weight excluding hydrogens is 1690 g/mol. The standard InChI is InChI=1S/C49H33N3.C41H27NO.C41H27NS/c1-49(2)39-20-10-8-18-36(39)46-44-35(17-12-21-40(44)49)29-43-45(46)38-27-33-15-6-7-16-34(33)28-42(38)52(43)48-50-41-22-11-9-19-37(41)47(51-48)32-25-23-31(24-26-32)30-13-4-3-5-14-30;2*1-41(2)32-15-7-5-14-29(32)40-38-26(12-9-16-33(38)41)22-35-39(40)31-20-24-10-3-4-11-25(24)21-34(31)42(35)27-18-19-37-30(23-27)28-13-6-8-17-36(28)43-37/h3-29H,1-2H3;2*3-23H,1-2H3. The van der Waals surface area contributed by atoms with Crippen molar-refractivity contribution >= 4 is 194 Å². The minimum Gasteiger partial charge on any atom is -0.456 e. The van der Waals surface area contributed by atoms with Crippen LogP contribution in [0.5, 0.6) is 0 Å². The van der Waals surface area contributed by atoms with E-state index in [1.54, 1.807) is 0 Å². The Hall–Kier alpha value is -16.8. The predicted octanol–water partition coefficient (Wildman–Crippen LogP) is 35.7. The maximum Gasteiger partial charge on any atom is 0.235 e. The van der Waals surface area contributed by atoms with Crippen LogP contribution >= 0.6 is 11.3 Å². The summed E-state index contributed by atoms with van der Waals surface area (Å²) in [6, 6.07) is 154. The number of nitrogens with zero attached hydrogens (tertiary/aromatic N) is 5. The molecule has 0 saturated carbocycles. The lowest BCUT2D eigenvalue weighted by Crippen LogP contribution is -2.23. The summed E-state index contributed by atoms with van der Waals surface area (Å²) < 4.78 is 16.2. The van der Waals surface area contributed by atoms with Crippen LogP contribution in [0.15, 0.2) is 423 Å². The van der Waals surface area contributed by atoms with Gasteiger partial charge in [0.05, 0.1) is 44.3 Å². The zero-order valence-corrected chi connectivity index (χ0v) is 77.7. The van der Waals surface area contributed by atoms with Crippen LogP contribution in [0.1, 0.15) is 74.9 Å². The Morgan fingerprint density at radius 2 is 0.580 bits per heavy atom. The van der Waals surface area contributed by atoms with Crippen molar-refractivity contribution in [1.29, 1.82) is 0 Å². The van der Waals surface area contributed by atoms with Gasteiger partial charge in [0.2, 0.25) is 5.95 Å². The molecule has 3 aliphatic rings. The van der Waals surface area contributed by atoms with Crippen LogP contribution in [-0.4, -0.2) is 23.7 Å². The summed E-state index contributed by atoms with van der Waals surface area (Å²) >= 11 is 1.88. The van der Waals surface area contributed by atoms with Crippen molar-refractivity contribution in [1.82, 2.24) is 23.7 Å². The molecule has 0 unspecified atom stereocenters. The molecule has 7 heteroatoms. The van der Waals surface area contributed by atoms with Gasteiger partial charge in [-0.2, -0.15) is 0 Å². The average Bonchev–Trinajstić information content (AvgIpc) is 1.48. The summed E-state index contributed by atoms with van der Waals surface area (Å²) in [6.45, 7) is 14.2. The van der Waals surface area contributed by atoms with E-state index in [9.17, 15) is 0 Å². The Balaban J connectivity index is 0.000000100. The first kappa shape index (κ1) is 78.6. The normalized spacial score (nSPS) is 13.8. The second-order valence-electron chi connectivity index (χ2n) is 39.7. The van der Waals surface area contributed by atoms with Crippen LogP contribution in [0.2, 0.25) is 0 Å². The molecule has 138 heavy (non-hydrogen) atoms. The number of hydrogen-bond acceptors (Lipinski definition) is 4. The zero-order chi connectivity index (χ0) is 91.5. The number of fused-ring (bicyclic) bond motifs is 28. The van der Waals surface area contributed by atoms with Crippen LogP contribution in [0.25, 0.3) is 256 Å². The average molecular weight is 1780 g/mol. The quantitative estimate of drug-likeness (QED) is 0.173. The van der Waals surface area contributed by atoms with Crippen molar-refractivity contribution in [2.24, 2.45) is 0 Å². The van der Waals surface area contributed by atoms with E-state index in [4.69, 9.17) is 14.4 Å². The molecule has 6 nitrogen and oxygen atoms in total. The van der Waals surface area contributed by atoms with Gasteiger partial charge in [0.1, 0.15) is 11.2 Å². The van der Waals surface area contributed by atoms with Gasteiger partial charge in [-0.3, -0.25) is 4.57 Å². The van der Waals surface area contributed by atoms with Crippen molar-refractivity contribution < 1.29 is 4.42 Å². The summed E-state index contributed by atoms with van der Waals surface area (Å²) in [4.78, 5) is 10.8. The van der Waals surface area contributed by atoms with Gasteiger partial charge in [0, 0.05) is 119 Å². The van der Waals surface area contributed by atoms with Crippen molar-refractivity contribution in [3.63, 3.8) is 0 Å². The summed E-state index contributed by atoms with van der Waals surface area (Å²) in [5, 5.41) is 29.1. The minimum atomic E-state index is -0.131. The van der Waals surface area contributed by atoms with Crippen LogP contribution in [0.4, 0.5) is 0 Å². The number of benzene rings is 22. The second kappa shape index (κ2) is 29.1. The highest BCUT2D eigenvalue weighted by Crippen LogP contribution is 2.59. The smallest absolute Gasteiger partial charge is 0.235 e. The summed E-state index contributed by atoms with van der Waals surface area (Å²) in [5.74, 6) is 0.670. The van der Waals surface area contributed by atoms with Gasteiger partial charge < -0.3 is 13.6 Å². The molecule has 6 heterocycles. The van der Waals surface area contributed by atoms with E-state index in [-0.39, 0.29) is 16.2 Å². The van der Waals surface area contributed by atoms with Crippen LogP contribution in [-0.2, 0) is 16.2 Å². The molecular formula is C131H87N5OS. The first-order valence-electron chi connectivity index (χ1n) is 48.1. The fraction of sp³-hybridized carbons (Fsp3) is 0.0687. The molecule has 28 aromatic rings. The molecule has 22 aromatic carbocycles. The number of furan rings is 1. The number of thiophene rings is 1. The van der Waals surface area contributed by atoms with Gasteiger partial charge >= 0.3 is 0 Å². The van der Waals surface area contributed by atoms with E-state index in [1.165, 1.54) is 223 Å². The van der Waals surface area contributed by atoms with E-state index in [0.29, 0.717) is 5.95 Å². The molecule has 0 fully saturated rings. The van der Waals surface area contributed by atoms with E-state index in [2.05, 4.69) is 468 Å². The summed E-state index contributed by atoms with van der Waals surface area (Å²) in [6.07, 6.45) is 0. The largest absolute Gasteiger partial charge is 0.456 e. The molecule has 648 valence electrons. The highest BCUT2D eigenvalue weighted by molar-refractivity contribution is 7.25. The summed E-state index contributed by atoms with van der Waals surface area (Å²) in [7, 11) is 0. The maximum atomic E-state index is 6.22. The van der Waals surface area contributed by atoms with Crippen molar-refractivity contribution in [2.45, 2.75) is 57.8 Å². The molecule has 0 saturated heterocycles. The van der Waals surface area contributed by atoms with E-state index in [1.807, 2.05) is 17.4 Å². The number of hydrogen-bond donors (Lipinski definition) is 0. The van der Waals surface area contributed by atoms with Gasteiger partial charge in [-0.15, -0.1) is 11.3 Å². The van der Waals surface area contributed by atoms with Crippen molar-refractivity contribution in [2.75, 3.05) is 0 Å². The second-order valence-corrected chi connectivity index (χ2v) is 40.8. The number of aromatic nitrogens is 5. The third kappa shape index (κ3) is 11.3. The van der Waals surface area contributed by atoms with Crippen LogP contribution in [0.3, 0.4) is 0 Å². The van der Waals surface area contributed by atoms with Crippen molar-refractivity contribution in [3.8, 4) is 73.1 Å². The third-order valence-corrected chi connectivity index (χ3v) is 32.4. The maximum absolute atomic E-state index is 6.22. The van der Waals surface area contributed by atoms with Gasteiger partial charge in [-0.1, -0.05) is 351 Å². The van der Waals surface area contributed by atoms with E-state index >= 15 is 0 Å². The molecule has 0 N–H and O–H groups in total. The fourth-order valence-electron chi connectivity index (χ4n) is 24.8. The van der Waals surface area contributed by atoms with E-state index < -0.39 is 0 Å². The Kier molecular flexibility index (Phi) is 16.6. The lowest BCUT2D eigenvalue weighted by atomic mass is 9.68. The Morgan fingerprint density at radius 1 is 0.225 bits per heavy atom. The third-order valence-electron chi connectivity index (χ3n) is 31.2. The molecule has 0 radical (unpaired) electrons. The molecule has 0 spiro atoms. The monoisotopic (exact) mass is 1780 g/mol. The lowest BCUT2D eigenvalue weighted by Gasteiger charge is -2.35. The molecule has 0 bridgehead atoms. The Bertz CT molecular complexity index is 9850. The van der Waals surface area contributed by atoms with Gasteiger partial charge in [0.15, 0.2) is 0 Å². The first-order valence-corrected chi connectivity index (χ1v) is 48.9. The van der Waals surface area contributed by atoms with E-state index in [0.717, 1.165) is 60.8 Å². The number of rotatable bonds is 5. The first-order chi connectivity index (χ1) is 67.7. The van der Waals surface area contributed by atoms with Gasteiger partial charge in [-0.05, 0) is 235 Å². The van der Waals surface area contributed by atoms with Crippen LogP contribution in [0, 0.1) is 0 Å². The predicted molar refractivity (Wildman–Crippen MR) is 584 cm³/mol. The van der Waals surface area contributed by atoms with Crippen LogP contribution < -0.4 is 0 Å². The molecule has 0 aliphatic heterocycles.